The van der Waals surface area contributed by atoms with Crippen molar-refractivity contribution in [3.05, 3.63) is 174 Å². The molecule has 0 spiro atoms. The van der Waals surface area contributed by atoms with Crippen LogP contribution < -0.4 is 14.7 Å². The summed E-state index contributed by atoms with van der Waals surface area (Å²) in [5, 5.41) is 4.85. The maximum atomic E-state index is 4.26. The Balaban J connectivity index is 1.11. The van der Waals surface area contributed by atoms with Crippen molar-refractivity contribution in [3.63, 3.8) is 0 Å². The first-order chi connectivity index (χ1) is 24.1. The number of nitrogens with zero attached hydrogens (tertiary/aromatic N) is 1. The Morgan fingerprint density at radius 1 is 0.388 bits per heavy atom. The molecule has 9 rings (SSSR count). The maximum absolute atomic E-state index is 4.26. The number of benzene rings is 7. The highest BCUT2D eigenvalue weighted by atomic mass is 32.1. The standard InChI is InChI=1S/C46H31NS2/c1-30-31(2)48-46-40(30)12-8-13-41(46)35-19-26-39(27-20-35)47(37-22-15-33(16-23-37)32-9-4-3-5-10-32)38-24-17-34(18-25-38)36-21-28-45-43(29-36)42-11-6-7-14-44(42)49-45/h3-29H,1-2H2. The molecule has 1 nitrogen and oxygen atoms in total. The SMILES string of the molecule is C=c1sc2c(-c3ccc(N(c4ccc(-c5ccccc5)cc4)c4ccc(-c5ccc6sc7ccccc7c6c5)cc4)cc3)cccc2c1=C. The summed E-state index contributed by atoms with van der Waals surface area (Å²) in [5.74, 6) is 0. The third kappa shape index (κ3) is 5.25. The molecule has 0 aliphatic heterocycles. The molecule has 0 aliphatic rings. The van der Waals surface area contributed by atoms with Crippen molar-refractivity contribution in [1.29, 1.82) is 0 Å². The number of hydrogen-bond acceptors (Lipinski definition) is 3. The smallest absolute Gasteiger partial charge is 0.0462 e. The fraction of sp³-hybridized carbons (Fsp3) is 0. The average molecular weight is 662 g/mol. The summed E-state index contributed by atoms with van der Waals surface area (Å²) in [6.07, 6.45) is 0. The van der Waals surface area contributed by atoms with Crippen molar-refractivity contribution in [2.45, 2.75) is 0 Å². The van der Waals surface area contributed by atoms with Gasteiger partial charge in [0.05, 0.1) is 0 Å². The lowest BCUT2D eigenvalue weighted by Gasteiger charge is -2.26. The summed E-state index contributed by atoms with van der Waals surface area (Å²) in [6, 6.07) is 59.3. The molecule has 232 valence electrons. The molecule has 0 bridgehead atoms. The van der Waals surface area contributed by atoms with Crippen molar-refractivity contribution in [2.24, 2.45) is 0 Å². The van der Waals surface area contributed by atoms with Gasteiger partial charge >= 0.3 is 0 Å². The number of rotatable bonds is 6. The minimum Gasteiger partial charge on any atom is -0.311 e. The quantitative estimate of drug-likeness (QED) is 0.171. The van der Waals surface area contributed by atoms with Crippen LogP contribution in [-0.4, -0.2) is 0 Å². The van der Waals surface area contributed by atoms with Crippen molar-refractivity contribution in [2.75, 3.05) is 4.90 Å². The van der Waals surface area contributed by atoms with Gasteiger partial charge in [-0.2, -0.15) is 0 Å². The molecule has 49 heavy (non-hydrogen) atoms. The number of hydrogen-bond donors (Lipinski definition) is 0. The Hall–Kier alpha value is -5.74. The second kappa shape index (κ2) is 12.1. The van der Waals surface area contributed by atoms with Crippen molar-refractivity contribution < 1.29 is 0 Å². The Morgan fingerprint density at radius 2 is 0.918 bits per heavy atom. The number of fused-ring (bicyclic) bond motifs is 4. The van der Waals surface area contributed by atoms with Gasteiger partial charge in [0.1, 0.15) is 0 Å². The molecule has 0 unspecified atom stereocenters. The van der Waals surface area contributed by atoms with E-state index in [9.17, 15) is 0 Å². The average Bonchev–Trinajstić information content (AvgIpc) is 3.68. The van der Waals surface area contributed by atoms with Crippen LogP contribution >= 0.6 is 22.7 Å². The third-order valence-electron chi connectivity index (χ3n) is 9.41. The van der Waals surface area contributed by atoms with E-state index in [0.717, 1.165) is 26.8 Å². The van der Waals surface area contributed by atoms with Gasteiger partial charge in [0.2, 0.25) is 0 Å². The van der Waals surface area contributed by atoms with Crippen molar-refractivity contribution in [3.8, 4) is 33.4 Å². The first-order valence-corrected chi connectivity index (χ1v) is 18.0. The first-order valence-electron chi connectivity index (χ1n) is 16.4. The van der Waals surface area contributed by atoms with Crippen LogP contribution in [0.3, 0.4) is 0 Å². The maximum Gasteiger partial charge on any atom is 0.0462 e. The fourth-order valence-electron chi connectivity index (χ4n) is 6.83. The van der Waals surface area contributed by atoms with Gasteiger partial charge in [0.25, 0.3) is 0 Å². The first kappa shape index (κ1) is 29.4. The monoisotopic (exact) mass is 661 g/mol. The molecule has 0 radical (unpaired) electrons. The highest BCUT2D eigenvalue weighted by molar-refractivity contribution is 7.25. The molecule has 0 atom stereocenters. The van der Waals surface area contributed by atoms with E-state index in [1.54, 1.807) is 11.3 Å². The second-order valence-corrected chi connectivity index (χ2v) is 14.5. The third-order valence-corrected chi connectivity index (χ3v) is 11.7. The van der Waals surface area contributed by atoms with E-state index in [4.69, 9.17) is 0 Å². The predicted octanol–water partition coefficient (Wildman–Crippen LogP) is 12.6. The molecule has 3 heteroatoms. The van der Waals surface area contributed by atoms with Gasteiger partial charge < -0.3 is 4.90 Å². The Labute approximate surface area is 293 Å². The van der Waals surface area contributed by atoms with Gasteiger partial charge in [-0.1, -0.05) is 122 Å². The summed E-state index contributed by atoms with van der Waals surface area (Å²) < 4.78 is 4.92. The topological polar surface area (TPSA) is 3.24 Å². The fourth-order valence-corrected chi connectivity index (χ4v) is 8.99. The van der Waals surface area contributed by atoms with E-state index >= 15 is 0 Å². The summed E-state index contributed by atoms with van der Waals surface area (Å²) >= 11 is 3.58. The largest absolute Gasteiger partial charge is 0.311 e. The highest BCUT2D eigenvalue weighted by Crippen LogP contribution is 2.40. The lowest BCUT2D eigenvalue weighted by molar-refractivity contribution is 1.28. The summed E-state index contributed by atoms with van der Waals surface area (Å²) in [4.78, 5) is 2.34. The molecule has 0 N–H and O–H groups in total. The summed E-state index contributed by atoms with van der Waals surface area (Å²) in [7, 11) is 0. The lowest BCUT2D eigenvalue weighted by atomic mass is 10.0. The molecule has 0 fully saturated rings. The Morgan fingerprint density at radius 3 is 1.61 bits per heavy atom. The molecule has 7 aromatic carbocycles. The van der Waals surface area contributed by atoms with E-state index in [1.165, 1.54) is 63.6 Å². The zero-order valence-corrected chi connectivity index (χ0v) is 28.4. The van der Waals surface area contributed by atoms with Gasteiger partial charge in [-0.15, -0.1) is 22.7 Å². The normalized spacial score (nSPS) is 11.4. The van der Waals surface area contributed by atoms with Crippen LogP contribution in [0.25, 0.3) is 76.8 Å². The molecule has 0 amide bonds. The minimum atomic E-state index is 1.02. The zero-order valence-electron chi connectivity index (χ0n) is 26.8. The molecule has 9 aromatic rings. The van der Waals surface area contributed by atoms with Crippen LogP contribution in [0.2, 0.25) is 0 Å². The second-order valence-electron chi connectivity index (χ2n) is 12.3. The Kier molecular flexibility index (Phi) is 7.23. The van der Waals surface area contributed by atoms with Gasteiger partial charge in [-0.05, 0) is 93.2 Å². The van der Waals surface area contributed by atoms with E-state index in [2.05, 4.69) is 182 Å². The zero-order chi connectivity index (χ0) is 32.9. The van der Waals surface area contributed by atoms with Gasteiger partial charge in [0.15, 0.2) is 0 Å². The van der Waals surface area contributed by atoms with Crippen LogP contribution in [0.1, 0.15) is 0 Å². The van der Waals surface area contributed by atoms with E-state index in [-0.39, 0.29) is 0 Å². The van der Waals surface area contributed by atoms with Crippen molar-refractivity contribution >= 4 is 83.2 Å². The molecular weight excluding hydrogens is 631 g/mol. The van der Waals surface area contributed by atoms with Crippen LogP contribution in [0.15, 0.2) is 164 Å². The number of anilines is 3. The lowest BCUT2D eigenvalue weighted by Crippen LogP contribution is -2.13. The Bertz CT molecular complexity index is 2720. The summed E-state index contributed by atoms with van der Waals surface area (Å²) in [6.45, 7) is 8.48. The number of thiophene rings is 2. The predicted molar refractivity (Wildman–Crippen MR) is 216 cm³/mol. The van der Waals surface area contributed by atoms with Crippen LogP contribution in [0.4, 0.5) is 17.1 Å². The molecule has 0 saturated carbocycles. The molecular formula is C46H31NS2. The van der Waals surface area contributed by atoms with Crippen LogP contribution in [0, 0.1) is 0 Å². The molecule has 2 aromatic heterocycles. The van der Waals surface area contributed by atoms with E-state index in [0.29, 0.717) is 0 Å². The summed E-state index contributed by atoms with van der Waals surface area (Å²) in [5.41, 5.74) is 10.6. The molecule has 0 aliphatic carbocycles. The van der Waals surface area contributed by atoms with E-state index < -0.39 is 0 Å². The molecule has 2 heterocycles. The minimum absolute atomic E-state index is 1.02. The highest BCUT2D eigenvalue weighted by Gasteiger charge is 2.15. The van der Waals surface area contributed by atoms with Gasteiger partial charge in [0, 0.05) is 51.9 Å². The molecule has 0 saturated heterocycles. The van der Waals surface area contributed by atoms with Crippen LogP contribution in [0.5, 0.6) is 0 Å². The van der Waals surface area contributed by atoms with Gasteiger partial charge in [-0.3, -0.25) is 0 Å². The van der Waals surface area contributed by atoms with Crippen LogP contribution in [-0.2, 0) is 0 Å². The van der Waals surface area contributed by atoms with Crippen molar-refractivity contribution in [1.82, 2.24) is 0 Å². The van der Waals surface area contributed by atoms with E-state index in [1.807, 2.05) is 11.3 Å². The van der Waals surface area contributed by atoms with Gasteiger partial charge in [-0.25, -0.2) is 0 Å².